The standard InChI is InChI=1S/C19H16N2O2/c1-10(2)15-13-7-8-14(15)17-16(13)18(22)21(19(17)23)12-5-3-11(9-20)4-6-12/h3-8,13-14,22-23H,1-2H3. The van der Waals surface area contributed by atoms with Crippen LogP contribution in [0.2, 0.25) is 0 Å². The molecule has 2 unspecified atom stereocenters. The molecule has 2 N–H and O–H groups in total. The van der Waals surface area contributed by atoms with Crippen molar-refractivity contribution in [1.29, 1.82) is 5.26 Å². The van der Waals surface area contributed by atoms with Crippen LogP contribution < -0.4 is 0 Å². The van der Waals surface area contributed by atoms with Crippen LogP contribution in [0, 0.1) is 11.3 Å². The average molecular weight is 304 g/mol. The third kappa shape index (κ3) is 1.65. The maximum absolute atomic E-state index is 10.7. The van der Waals surface area contributed by atoms with Gasteiger partial charge in [-0.25, -0.2) is 0 Å². The van der Waals surface area contributed by atoms with E-state index in [1.54, 1.807) is 24.3 Å². The first kappa shape index (κ1) is 13.7. The molecule has 0 spiro atoms. The van der Waals surface area contributed by atoms with Gasteiger partial charge in [-0.2, -0.15) is 5.26 Å². The van der Waals surface area contributed by atoms with Crippen LogP contribution in [0.4, 0.5) is 0 Å². The Morgan fingerprint density at radius 3 is 1.96 bits per heavy atom. The predicted molar refractivity (Wildman–Crippen MR) is 86.8 cm³/mol. The molecule has 4 heteroatoms. The van der Waals surface area contributed by atoms with Gasteiger partial charge in [-0.1, -0.05) is 17.7 Å². The highest BCUT2D eigenvalue weighted by molar-refractivity contribution is 5.69. The van der Waals surface area contributed by atoms with Crippen LogP contribution in [0.25, 0.3) is 5.69 Å². The summed E-state index contributed by atoms with van der Waals surface area (Å²) in [6.07, 6.45) is 4.19. The Kier molecular flexibility index (Phi) is 2.70. The molecule has 2 aliphatic carbocycles. The molecule has 0 saturated heterocycles. The van der Waals surface area contributed by atoms with Gasteiger partial charge in [0.1, 0.15) is 0 Å². The zero-order chi connectivity index (χ0) is 16.3. The number of hydrogen-bond acceptors (Lipinski definition) is 3. The van der Waals surface area contributed by atoms with Crippen LogP contribution in [-0.2, 0) is 0 Å². The van der Waals surface area contributed by atoms with Crippen molar-refractivity contribution in [2.45, 2.75) is 25.7 Å². The summed E-state index contributed by atoms with van der Waals surface area (Å²) in [4.78, 5) is 0. The van der Waals surface area contributed by atoms with E-state index in [2.05, 4.69) is 32.1 Å². The van der Waals surface area contributed by atoms with Gasteiger partial charge in [0.15, 0.2) is 0 Å². The molecule has 23 heavy (non-hydrogen) atoms. The van der Waals surface area contributed by atoms with Crippen LogP contribution >= 0.6 is 0 Å². The minimum absolute atomic E-state index is 0.0468. The van der Waals surface area contributed by atoms with Crippen molar-refractivity contribution in [2.75, 3.05) is 0 Å². The number of fused-ring (bicyclic) bond motifs is 5. The van der Waals surface area contributed by atoms with Gasteiger partial charge >= 0.3 is 0 Å². The second kappa shape index (κ2) is 4.53. The minimum Gasteiger partial charge on any atom is -0.494 e. The van der Waals surface area contributed by atoms with Gasteiger partial charge in [-0.05, 0) is 43.7 Å². The summed E-state index contributed by atoms with van der Waals surface area (Å²) in [5.41, 5.74) is 5.27. The lowest BCUT2D eigenvalue weighted by Crippen LogP contribution is -1.98. The molecule has 0 radical (unpaired) electrons. The molecule has 0 fully saturated rings. The summed E-state index contributed by atoms with van der Waals surface area (Å²) >= 11 is 0. The van der Waals surface area contributed by atoms with Gasteiger partial charge in [0, 0.05) is 23.0 Å². The van der Waals surface area contributed by atoms with Crippen LogP contribution in [0.15, 0.2) is 47.6 Å². The van der Waals surface area contributed by atoms with Crippen molar-refractivity contribution in [3.63, 3.8) is 0 Å². The highest BCUT2D eigenvalue weighted by atomic mass is 16.3. The largest absolute Gasteiger partial charge is 0.494 e. The Hall–Kier alpha value is -2.93. The summed E-state index contributed by atoms with van der Waals surface area (Å²) in [5, 5.41) is 30.3. The summed E-state index contributed by atoms with van der Waals surface area (Å²) in [6, 6.07) is 8.87. The van der Waals surface area contributed by atoms with E-state index in [0.717, 1.165) is 11.1 Å². The molecule has 114 valence electrons. The molecule has 0 aliphatic heterocycles. The van der Waals surface area contributed by atoms with E-state index in [0.29, 0.717) is 11.3 Å². The fourth-order valence-electron chi connectivity index (χ4n) is 3.87. The molecular formula is C19H16N2O2. The summed E-state index contributed by atoms with van der Waals surface area (Å²) in [7, 11) is 0. The summed E-state index contributed by atoms with van der Waals surface area (Å²) in [6.45, 7) is 4.13. The van der Waals surface area contributed by atoms with Crippen LogP contribution in [0.3, 0.4) is 0 Å². The van der Waals surface area contributed by atoms with E-state index in [-0.39, 0.29) is 23.6 Å². The second-order valence-corrected chi connectivity index (χ2v) is 6.26. The van der Waals surface area contributed by atoms with Crippen molar-refractivity contribution >= 4 is 0 Å². The van der Waals surface area contributed by atoms with Gasteiger partial charge in [0.05, 0.1) is 17.3 Å². The van der Waals surface area contributed by atoms with E-state index in [4.69, 9.17) is 5.26 Å². The first-order valence-corrected chi connectivity index (χ1v) is 7.57. The average Bonchev–Trinajstić information content (AvgIpc) is 3.18. The topological polar surface area (TPSA) is 69.2 Å². The maximum atomic E-state index is 10.7. The number of rotatable bonds is 1. The highest BCUT2D eigenvalue weighted by Gasteiger charge is 2.45. The fourth-order valence-corrected chi connectivity index (χ4v) is 3.87. The van der Waals surface area contributed by atoms with Crippen molar-refractivity contribution < 1.29 is 10.2 Å². The Bertz CT molecular complexity index is 880. The molecule has 1 aromatic heterocycles. The number of allylic oxidation sites excluding steroid dienone is 4. The van der Waals surface area contributed by atoms with E-state index in [1.807, 2.05) is 0 Å². The molecule has 2 aromatic rings. The van der Waals surface area contributed by atoms with Crippen molar-refractivity contribution in [1.82, 2.24) is 4.57 Å². The molecule has 1 heterocycles. The number of aromatic hydroxyl groups is 2. The quantitative estimate of drug-likeness (QED) is 0.786. The predicted octanol–water partition coefficient (Wildman–Crippen LogP) is 3.85. The maximum Gasteiger partial charge on any atom is 0.203 e. The molecular weight excluding hydrogens is 288 g/mol. The SMILES string of the molecule is CC(C)=C1C2C=CC1c1c2c(O)n(-c2ccc(C#N)cc2)c1O. The van der Waals surface area contributed by atoms with E-state index in [9.17, 15) is 10.2 Å². The van der Waals surface area contributed by atoms with E-state index in [1.165, 1.54) is 15.7 Å². The zero-order valence-electron chi connectivity index (χ0n) is 12.9. The number of aromatic nitrogens is 1. The van der Waals surface area contributed by atoms with E-state index < -0.39 is 0 Å². The minimum atomic E-state index is 0.0468. The van der Waals surface area contributed by atoms with Crippen molar-refractivity contribution in [3.8, 4) is 23.5 Å². The van der Waals surface area contributed by atoms with Crippen LogP contribution in [0.5, 0.6) is 11.8 Å². The molecule has 0 amide bonds. The third-order valence-corrected chi connectivity index (χ3v) is 4.82. The molecule has 4 rings (SSSR count). The summed E-state index contributed by atoms with van der Waals surface area (Å²) in [5.74, 6) is 0.256. The van der Waals surface area contributed by atoms with Gasteiger partial charge in [0.25, 0.3) is 0 Å². The third-order valence-electron chi connectivity index (χ3n) is 4.82. The number of hydrogen-bond donors (Lipinski definition) is 2. The Balaban J connectivity index is 1.91. The zero-order valence-corrected chi connectivity index (χ0v) is 12.9. The molecule has 1 aromatic carbocycles. The lowest BCUT2D eigenvalue weighted by atomic mass is 9.97. The fraction of sp³-hybridized carbons (Fsp3) is 0.211. The monoisotopic (exact) mass is 304 g/mol. The Labute approximate surface area is 134 Å². The lowest BCUT2D eigenvalue weighted by Gasteiger charge is -2.13. The second-order valence-electron chi connectivity index (χ2n) is 6.26. The molecule has 0 saturated carbocycles. The first-order valence-electron chi connectivity index (χ1n) is 7.57. The van der Waals surface area contributed by atoms with Crippen LogP contribution in [0.1, 0.15) is 42.4 Å². The van der Waals surface area contributed by atoms with Gasteiger partial charge in [0.2, 0.25) is 11.8 Å². The van der Waals surface area contributed by atoms with Gasteiger partial charge in [-0.15, -0.1) is 0 Å². The molecule has 2 bridgehead atoms. The Morgan fingerprint density at radius 2 is 1.52 bits per heavy atom. The number of nitrogens with zero attached hydrogens (tertiary/aromatic N) is 2. The molecule has 2 aliphatic rings. The van der Waals surface area contributed by atoms with Gasteiger partial charge < -0.3 is 10.2 Å². The van der Waals surface area contributed by atoms with Crippen LogP contribution in [-0.4, -0.2) is 14.8 Å². The normalized spacial score (nSPS) is 20.7. The number of benzene rings is 1. The highest BCUT2D eigenvalue weighted by Crippen LogP contribution is 2.60. The first-order chi connectivity index (χ1) is 11.0. The van der Waals surface area contributed by atoms with E-state index >= 15 is 0 Å². The lowest BCUT2D eigenvalue weighted by molar-refractivity contribution is 0.397. The Morgan fingerprint density at radius 1 is 1.00 bits per heavy atom. The summed E-state index contributed by atoms with van der Waals surface area (Å²) < 4.78 is 1.46. The number of nitriles is 1. The van der Waals surface area contributed by atoms with Crippen molar-refractivity contribution in [3.05, 3.63) is 64.3 Å². The smallest absolute Gasteiger partial charge is 0.203 e. The van der Waals surface area contributed by atoms with Gasteiger partial charge in [-0.3, -0.25) is 4.57 Å². The molecule has 4 nitrogen and oxygen atoms in total. The molecule has 2 atom stereocenters. The van der Waals surface area contributed by atoms with Crippen molar-refractivity contribution in [2.24, 2.45) is 0 Å².